The van der Waals surface area contributed by atoms with Gasteiger partial charge in [-0.2, -0.15) is 0 Å². The Labute approximate surface area is 157 Å². The highest BCUT2D eigenvalue weighted by Gasteiger charge is 2.14. The van der Waals surface area contributed by atoms with Gasteiger partial charge >= 0.3 is 0 Å². The van der Waals surface area contributed by atoms with E-state index in [2.05, 4.69) is 10.3 Å². The molecule has 3 rings (SSSR count). The summed E-state index contributed by atoms with van der Waals surface area (Å²) < 4.78 is 5.63. The Morgan fingerprint density at radius 1 is 1.00 bits per heavy atom. The topological polar surface area (TPSA) is 51.2 Å². The largest absolute Gasteiger partial charge is 0.481 e. The van der Waals surface area contributed by atoms with E-state index in [-0.39, 0.29) is 5.91 Å². The highest BCUT2D eigenvalue weighted by molar-refractivity contribution is 6.30. The minimum absolute atomic E-state index is 0.207. The van der Waals surface area contributed by atoms with Crippen molar-refractivity contribution in [2.45, 2.75) is 19.4 Å². The summed E-state index contributed by atoms with van der Waals surface area (Å²) in [5, 5.41) is 3.49. The van der Waals surface area contributed by atoms with Crippen LogP contribution in [0.25, 0.3) is 0 Å². The van der Waals surface area contributed by atoms with Gasteiger partial charge in [0.05, 0.1) is 0 Å². The third-order valence-corrected chi connectivity index (χ3v) is 4.13. The number of ether oxygens (including phenoxy) is 1. The molecule has 3 aromatic rings. The van der Waals surface area contributed by atoms with E-state index in [0.29, 0.717) is 10.8 Å². The van der Waals surface area contributed by atoms with Crippen LogP contribution in [0.4, 0.5) is 5.69 Å². The van der Waals surface area contributed by atoms with Crippen molar-refractivity contribution in [3.8, 4) is 5.75 Å². The number of nitrogens with zero attached hydrogens (tertiary/aromatic N) is 1. The van der Waals surface area contributed by atoms with Crippen molar-refractivity contribution >= 4 is 23.2 Å². The molecule has 2 aromatic carbocycles. The lowest BCUT2D eigenvalue weighted by molar-refractivity contribution is -0.122. The Morgan fingerprint density at radius 3 is 2.27 bits per heavy atom. The van der Waals surface area contributed by atoms with Gasteiger partial charge in [0.25, 0.3) is 5.91 Å². The molecule has 4 nitrogen and oxygen atoms in total. The number of benzene rings is 2. The van der Waals surface area contributed by atoms with Crippen molar-refractivity contribution in [3.63, 3.8) is 0 Å². The van der Waals surface area contributed by atoms with Gasteiger partial charge in [0.2, 0.25) is 0 Å². The second kappa shape index (κ2) is 8.50. The second-order valence-corrected chi connectivity index (χ2v) is 6.37. The molecule has 0 aliphatic rings. The van der Waals surface area contributed by atoms with E-state index >= 15 is 0 Å². The summed E-state index contributed by atoms with van der Waals surface area (Å²) in [6.45, 7) is 1.71. The third kappa shape index (κ3) is 5.07. The lowest BCUT2D eigenvalue weighted by Gasteiger charge is -2.15. The van der Waals surface area contributed by atoms with Crippen LogP contribution in [-0.4, -0.2) is 17.0 Å². The van der Waals surface area contributed by atoms with Crippen LogP contribution in [-0.2, 0) is 11.2 Å². The maximum atomic E-state index is 12.3. The molecule has 0 saturated carbocycles. The molecule has 0 unspecified atom stereocenters. The van der Waals surface area contributed by atoms with Gasteiger partial charge in [-0.1, -0.05) is 23.7 Å². The van der Waals surface area contributed by atoms with Gasteiger partial charge in [0, 0.05) is 23.1 Å². The summed E-state index contributed by atoms with van der Waals surface area (Å²) >= 11 is 5.84. The van der Waals surface area contributed by atoms with E-state index in [9.17, 15) is 4.79 Å². The predicted octanol–water partition coefficient (Wildman–Crippen LogP) is 4.73. The molecule has 0 spiro atoms. The summed E-state index contributed by atoms with van der Waals surface area (Å²) in [4.78, 5) is 16.3. The van der Waals surface area contributed by atoms with Crippen molar-refractivity contribution in [2.75, 3.05) is 5.32 Å². The van der Waals surface area contributed by atoms with Crippen LogP contribution in [0, 0.1) is 0 Å². The normalized spacial score (nSPS) is 11.6. The second-order valence-electron chi connectivity index (χ2n) is 5.93. The molecule has 0 saturated heterocycles. The fourth-order valence-corrected chi connectivity index (χ4v) is 2.58. The van der Waals surface area contributed by atoms with Crippen molar-refractivity contribution in [1.29, 1.82) is 0 Å². The number of rotatable bonds is 6. The first kappa shape index (κ1) is 18.0. The fraction of sp³-hybridized carbons (Fsp3) is 0.143. The van der Waals surface area contributed by atoms with E-state index in [4.69, 9.17) is 16.3 Å². The Bertz CT molecular complexity index is 849. The molecular formula is C21H19ClN2O2. The van der Waals surface area contributed by atoms with Gasteiger partial charge in [-0.15, -0.1) is 0 Å². The Hall–Kier alpha value is -2.85. The number of amides is 1. The molecule has 0 fully saturated rings. The van der Waals surface area contributed by atoms with Crippen LogP contribution < -0.4 is 10.1 Å². The Kier molecular flexibility index (Phi) is 5.87. The summed E-state index contributed by atoms with van der Waals surface area (Å²) in [5.41, 5.74) is 3.10. The van der Waals surface area contributed by atoms with Crippen molar-refractivity contribution in [3.05, 3.63) is 89.2 Å². The zero-order valence-corrected chi connectivity index (χ0v) is 15.1. The number of aromatic nitrogens is 1. The number of hydrogen-bond donors (Lipinski definition) is 1. The van der Waals surface area contributed by atoms with E-state index in [1.807, 2.05) is 36.4 Å². The molecule has 1 aromatic heterocycles. The summed E-state index contributed by atoms with van der Waals surface area (Å²) in [6, 6.07) is 18.7. The molecule has 0 bridgehead atoms. The van der Waals surface area contributed by atoms with Crippen molar-refractivity contribution < 1.29 is 9.53 Å². The summed E-state index contributed by atoms with van der Waals surface area (Å²) in [6.07, 6.45) is 3.78. The number of anilines is 1. The van der Waals surface area contributed by atoms with E-state index in [0.717, 1.165) is 12.1 Å². The van der Waals surface area contributed by atoms with Crippen LogP contribution in [0.15, 0.2) is 73.1 Å². The monoisotopic (exact) mass is 366 g/mol. The maximum Gasteiger partial charge on any atom is 0.265 e. The lowest BCUT2D eigenvalue weighted by atomic mass is 10.1. The molecule has 0 radical (unpaired) electrons. The van der Waals surface area contributed by atoms with Gasteiger partial charge in [-0.25, -0.2) is 0 Å². The zero-order valence-electron chi connectivity index (χ0n) is 14.4. The first-order valence-corrected chi connectivity index (χ1v) is 8.69. The van der Waals surface area contributed by atoms with Gasteiger partial charge in [0.15, 0.2) is 6.10 Å². The molecule has 0 aliphatic heterocycles. The Balaban J connectivity index is 1.56. The van der Waals surface area contributed by atoms with Crippen molar-refractivity contribution in [2.24, 2.45) is 0 Å². The first-order valence-electron chi connectivity index (χ1n) is 8.31. The van der Waals surface area contributed by atoms with Gasteiger partial charge in [0.1, 0.15) is 5.75 Å². The van der Waals surface area contributed by atoms with Crippen LogP contribution in [0.1, 0.15) is 18.1 Å². The molecule has 5 heteroatoms. The standard InChI is InChI=1S/C21H19ClN2O2/c1-15(26-20-8-4-18(22)5-9-20)21(25)24-19-6-2-16(3-7-19)14-17-10-12-23-13-11-17/h2-13,15H,14H2,1H3,(H,24,25)/t15-/m0/s1. The average molecular weight is 367 g/mol. The van der Waals surface area contributed by atoms with E-state index in [1.54, 1.807) is 43.6 Å². The number of halogens is 1. The van der Waals surface area contributed by atoms with Crippen LogP contribution >= 0.6 is 11.6 Å². The number of pyridine rings is 1. The maximum absolute atomic E-state index is 12.3. The van der Waals surface area contributed by atoms with Crippen LogP contribution in [0.2, 0.25) is 5.02 Å². The molecule has 0 aliphatic carbocycles. The van der Waals surface area contributed by atoms with Crippen LogP contribution in [0.5, 0.6) is 5.75 Å². The van der Waals surface area contributed by atoms with Gasteiger partial charge in [-0.3, -0.25) is 9.78 Å². The minimum atomic E-state index is -0.618. The highest BCUT2D eigenvalue weighted by Crippen LogP contribution is 2.18. The molecule has 1 atom stereocenters. The molecule has 1 amide bonds. The lowest BCUT2D eigenvalue weighted by Crippen LogP contribution is -2.30. The molecule has 1 N–H and O–H groups in total. The number of carbonyl (C=O) groups excluding carboxylic acids is 1. The van der Waals surface area contributed by atoms with Crippen LogP contribution in [0.3, 0.4) is 0 Å². The number of nitrogens with one attached hydrogen (secondary N) is 1. The molecule has 26 heavy (non-hydrogen) atoms. The number of carbonyl (C=O) groups is 1. The summed E-state index contributed by atoms with van der Waals surface area (Å²) in [5.74, 6) is 0.395. The quantitative estimate of drug-likeness (QED) is 0.686. The van der Waals surface area contributed by atoms with Gasteiger partial charge in [-0.05, 0) is 73.0 Å². The van der Waals surface area contributed by atoms with Crippen molar-refractivity contribution in [1.82, 2.24) is 4.98 Å². The minimum Gasteiger partial charge on any atom is -0.481 e. The highest BCUT2D eigenvalue weighted by atomic mass is 35.5. The SMILES string of the molecule is C[C@H](Oc1ccc(Cl)cc1)C(=O)Nc1ccc(Cc2ccncc2)cc1. The summed E-state index contributed by atoms with van der Waals surface area (Å²) in [7, 11) is 0. The predicted molar refractivity (Wildman–Crippen MR) is 104 cm³/mol. The smallest absolute Gasteiger partial charge is 0.265 e. The zero-order chi connectivity index (χ0) is 18.4. The third-order valence-electron chi connectivity index (χ3n) is 3.87. The van der Waals surface area contributed by atoms with Gasteiger partial charge < -0.3 is 10.1 Å². The molecule has 1 heterocycles. The Morgan fingerprint density at radius 2 is 1.62 bits per heavy atom. The average Bonchev–Trinajstić information content (AvgIpc) is 2.66. The number of hydrogen-bond acceptors (Lipinski definition) is 3. The fourth-order valence-electron chi connectivity index (χ4n) is 2.46. The molecular weight excluding hydrogens is 348 g/mol. The molecule has 132 valence electrons. The van der Waals surface area contributed by atoms with E-state index in [1.165, 1.54) is 11.1 Å². The first-order chi connectivity index (χ1) is 12.6. The van der Waals surface area contributed by atoms with E-state index < -0.39 is 6.10 Å².